The van der Waals surface area contributed by atoms with E-state index in [9.17, 15) is 0 Å². The molecule has 0 saturated carbocycles. The minimum Gasteiger partial charge on any atom is -0.326 e. The molecule has 0 amide bonds. The quantitative estimate of drug-likeness (QED) is 0.782. The van der Waals surface area contributed by atoms with Crippen molar-refractivity contribution in [1.29, 1.82) is 5.26 Å². The van der Waals surface area contributed by atoms with Gasteiger partial charge in [0.1, 0.15) is 5.82 Å². The van der Waals surface area contributed by atoms with Crippen LogP contribution in [0.2, 0.25) is 0 Å². The predicted molar refractivity (Wildman–Crippen MR) is 99.9 cm³/mol. The van der Waals surface area contributed by atoms with Gasteiger partial charge in [-0.1, -0.05) is 18.2 Å². The minimum absolute atomic E-state index is 0.683. The SMILES string of the molecule is CCN1/C(=C/C=Nc2ccccc2)N(CC)c2cc(C#N)ccc21. The Morgan fingerprint density at radius 2 is 1.71 bits per heavy atom. The normalized spacial score (nSPS) is 15.1. The van der Waals surface area contributed by atoms with Gasteiger partial charge in [0, 0.05) is 19.3 Å². The molecule has 2 aromatic rings. The lowest BCUT2D eigenvalue weighted by Crippen LogP contribution is -2.28. The van der Waals surface area contributed by atoms with Crippen molar-refractivity contribution in [2.24, 2.45) is 4.99 Å². The van der Waals surface area contributed by atoms with E-state index in [1.165, 1.54) is 0 Å². The second kappa shape index (κ2) is 7.01. The van der Waals surface area contributed by atoms with Crippen LogP contribution in [0.5, 0.6) is 0 Å². The molecular weight excluding hydrogens is 296 g/mol. The summed E-state index contributed by atoms with van der Waals surface area (Å²) in [6, 6.07) is 18.0. The molecule has 0 saturated heterocycles. The third-order valence-electron chi connectivity index (χ3n) is 4.08. The van der Waals surface area contributed by atoms with Crippen molar-refractivity contribution in [1.82, 2.24) is 0 Å². The fraction of sp³-hybridized carbons (Fsp3) is 0.200. The van der Waals surface area contributed by atoms with E-state index in [-0.39, 0.29) is 0 Å². The molecule has 0 aliphatic carbocycles. The molecule has 0 fully saturated rings. The molecule has 0 unspecified atom stereocenters. The highest BCUT2D eigenvalue weighted by molar-refractivity contribution is 5.87. The molecule has 1 heterocycles. The minimum atomic E-state index is 0.683. The fourth-order valence-electron chi connectivity index (χ4n) is 2.98. The molecule has 4 nitrogen and oxygen atoms in total. The molecule has 4 heteroatoms. The molecular formula is C20H20N4. The first-order chi connectivity index (χ1) is 11.8. The van der Waals surface area contributed by atoms with E-state index in [1.807, 2.05) is 60.8 Å². The number of nitrogens with zero attached hydrogens (tertiary/aromatic N) is 4. The van der Waals surface area contributed by atoms with E-state index in [1.54, 1.807) is 0 Å². The summed E-state index contributed by atoms with van der Waals surface area (Å²) in [5.74, 6) is 1.09. The van der Waals surface area contributed by atoms with E-state index in [4.69, 9.17) is 5.26 Å². The molecule has 0 bridgehead atoms. The van der Waals surface area contributed by atoms with E-state index in [0.29, 0.717) is 5.56 Å². The first-order valence-electron chi connectivity index (χ1n) is 8.17. The Labute approximate surface area is 143 Å². The van der Waals surface area contributed by atoms with Crippen LogP contribution in [-0.4, -0.2) is 19.3 Å². The highest BCUT2D eigenvalue weighted by atomic mass is 15.4. The van der Waals surface area contributed by atoms with Crippen LogP contribution in [0.4, 0.5) is 17.1 Å². The third-order valence-corrected chi connectivity index (χ3v) is 4.08. The van der Waals surface area contributed by atoms with E-state index in [0.717, 1.165) is 36.0 Å². The number of para-hydroxylation sites is 1. The molecule has 2 aromatic carbocycles. The lowest BCUT2D eigenvalue weighted by atomic mass is 10.2. The number of hydrogen-bond acceptors (Lipinski definition) is 4. The van der Waals surface area contributed by atoms with Gasteiger partial charge in [0.2, 0.25) is 0 Å². The van der Waals surface area contributed by atoms with Gasteiger partial charge in [-0.25, -0.2) is 0 Å². The summed E-state index contributed by atoms with van der Waals surface area (Å²) in [6.07, 6.45) is 3.87. The van der Waals surface area contributed by atoms with Crippen molar-refractivity contribution in [3.63, 3.8) is 0 Å². The van der Waals surface area contributed by atoms with Crippen LogP contribution in [-0.2, 0) is 0 Å². The number of allylic oxidation sites excluding steroid dienone is 1. The number of aliphatic imine (C=N–C) groups is 1. The highest BCUT2D eigenvalue weighted by Crippen LogP contribution is 2.41. The smallest absolute Gasteiger partial charge is 0.115 e. The zero-order chi connectivity index (χ0) is 16.9. The summed E-state index contributed by atoms with van der Waals surface area (Å²) < 4.78 is 0. The van der Waals surface area contributed by atoms with Gasteiger partial charge in [-0.2, -0.15) is 5.26 Å². The van der Waals surface area contributed by atoms with Crippen molar-refractivity contribution >= 4 is 23.3 Å². The van der Waals surface area contributed by atoms with Crippen LogP contribution in [0.3, 0.4) is 0 Å². The Bertz CT molecular complexity index is 815. The molecule has 0 radical (unpaired) electrons. The molecule has 0 spiro atoms. The third kappa shape index (κ3) is 2.89. The summed E-state index contributed by atoms with van der Waals surface area (Å²) >= 11 is 0. The van der Waals surface area contributed by atoms with Gasteiger partial charge >= 0.3 is 0 Å². The molecule has 120 valence electrons. The first-order valence-corrected chi connectivity index (χ1v) is 8.17. The summed E-state index contributed by atoms with van der Waals surface area (Å²) in [7, 11) is 0. The van der Waals surface area contributed by atoms with Crippen molar-refractivity contribution in [3.8, 4) is 6.07 Å². The average Bonchev–Trinajstić information content (AvgIpc) is 2.94. The molecule has 0 N–H and O–H groups in total. The topological polar surface area (TPSA) is 42.6 Å². The zero-order valence-corrected chi connectivity index (χ0v) is 14.0. The van der Waals surface area contributed by atoms with Crippen LogP contribution < -0.4 is 9.80 Å². The Hall–Kier alpha value is -3.06. The second-order valence-electron chi connectivity index (χ2n) is 5.44. The van der Waals surface area contributed by atoms with Crippen LogP contribution >= 0.6 is 0 Å². The van der Waals surface area contributed by atoms with Gasteiger partial charge < -0.3 is 9.80 Å². The summed E-state index contributed by atoms with van der Waals surface area (Å²) in [5, 5.41) is 9.17. The number of rotatable bonds is 4. The Kier molecular flexibility index (Phi) is 4.62. The van der Waals surface area contributed by atoms with Gasteiger partial charge in [-0.05, 0) is 50.3 Å². The van der Waals surface area contributed by atoms with E-state index in [2.05, 4.69) is 34.7 Å². The maximum atomic E-state index is 9.17. The molecule has 0 atom stereocenters. The second-order valence-corrected chi connectivity index (χ2v) is 5.44. The highest BCUT2D eigenvalue weighted by Gasteiger charge is 2.29. The van der Waals surface area contributed by atoms with Gasteiger partial charge in [0.15, 0.2) is 0 Å². The Morgan fingerprint density at radius 1 is 1.00 bits per heavy atom. The van der Waals surface area contributed by atoms with Gasteiger partial charge in [0.25, 0.3) is 0 Å². The van der Waals surface area contributed by atoms with Gasteiger partial charge in [0.05, 0.1) is 28.7 Å². The Morgan fingerprint density at radius 3 is 2.38 bits per heavy atom. The van der Waals surface area contributed by atoms with Crippen LogP contribution in [0, 0.1) is 11.3 Å². The lowest BCUT2D eigenvalue weighted by Gasteiger charge is -2.22. The number of hydrogen-bond donors (Lipinski definition) is 0. The number of fused-ring (bicyclic) bond motifs is 1. The monoisotopic (exact) mass is 316 g/mol. The maximum Gasteiger partial charge on any atom is 0.115 e. The van der Waals surface area contributed by atoms with Gasteiger partial charge in [-0.3, -0.25) is 4.99 Å². The predicted octanol–water partition coefficient (Wildman–Crippen LogP) is 4.47. The summed E-state index contributed by atoms with van der Waals surface area (Å²) in [6.45, 7) is 5.94. The average molecular weight is 316 g/mol. The van der Waals surface area contributed by atoms with Crippen LogP contribution in [0.15, 0.2) is 65.4 Å². The van der Waals surface area contributed by atoms with Crippen molar-refractivity contribution < 1.29 is 0 Å². The summed E-state index contributed by atoms with van der Waals surface area (Å²) in [5.41, 5.74) is 3.83. The number of benzene rings is 2. The van der Waals surface area contributed by atoms with Crippen molar-refractivity contribution in [2.75, 3.05) is 22.9 Å². The lowest BCUT2D eigenvalue weighted by molar-refractivity contribution is 0.901. The standard InChI is InChI=1S/C20H20N4/c1-3-23-18-11-10-16(15-21)14-19(18)24(4-2)20(23)12-13-22-17-8-6-5-7-9-17/h5-14H,3-4H2,1-2H3/b20-12-,22-13?. The molecule has 24 heavy (non-hydrogen) atoms. The fourth-order valence-corrected chi connectivity index (χ4v) is 2.98. The maximum absolute atomic E-state index is 9.17. The van der Waals surface area contributed by atoms with E-state index < -0.39 is 0 Å². The van der Waals surface area contributed by atoms with Crippen molar-refractivity contribution in [3.05, 3.63) is 66.0 Å². The van der Waals surface area contributed by atoms with Crippen LogP contribution in [0.1, 0.15) is 19.4 Å². The number of anilines is 2. The molecule has 1 aliphatic heterocycles. The first kappa shape index (κ1) is 15.8. The molecule has 1 aliphatic rings. The zero-order valence-electron chi connectivity index (χ0n) is 14.0. The van der Waals surface area contributed by atoms with Crippen molar-refractivity contribution in [2.45, 2.75) is 13.8 Å². The summed E-state index contributed by atoms with van der Waals surface area (Å²) in [4.78, 5) is 8.96. The van der Waals surface area contributed by atoms with E-state index >= 15 is 0 Å². The molecule has 0 aromatic heterocycles. The largest absolute Gasteiger partial charge is 0.326 e. The molecule has 3 rings (SSSR count). The number of nitriles is 1. The Balaban J connectivity index is 1.96. The van der Waals surface area contributed by atoms with Crippen LogP contribution in [0.25, 0.3) is 0 Å². The van der Waals surface area contributed by atoms with Gasteiger partial charge in [-0.15, -0.1) is 0 Å².